The van der Waals surface area contributed by atoms with Gasteiger partial charge in [-0.2, -0.15) is 13.2 Å². The first-order valence-electron chi connectivity index (χ1n) is 8.49. The molecule has 1 N–H and O–H groups in total. The second kappa shape index (κ2) is 7.77. The lowest BCUT2D eigenvalue weighted by Gasteiger charge is -2.36. The van der Waals surface area contributed by atoms with Crippen LogP contribution in [0.2, 0.25) is 0 Å². The van der Waals surface area contributed by atoms with Crippen molar-refractivity contribution >= 4 is 17.4 Å². The Morgan fingerprint density at radius 1 is 1.00 bits per heavy atom. The number of amides is 2. The van der Waals surface area contributed by atoms with Crippen LogP contribution in [0, 0.1) is 0 Å². The van der Waals surface area contributed by atoms with E-state index < -0.39 is 11.7 Å². The maximum absolute atomic E-state index is 12.7. The number of benzene rings is 2. The number of methoxy groups -OCH3 is 1. The molecule has 5 nitrogen and oxygen atoms in total. The van der Waals surface area contributed by atoms with E-state index in [0.29, 0.717) is 43.3 Å². The van der Waals surface area contributed by atoms with Crippen LogP contribution in [0.15, 0.2) is 48.5 Å². The van der Waals surface area contributed by atoms with Crippen molar-refractivity contribution in [2.75, 3.05) is 43.5 Å². The average Bonchev–Trinajstić information content (AvgIpc) is 2.68. The van der Waals surface area contributed by atoms with Crippen LogP contribution in [0.3, 0.4) is 0 Å². The molecule has 0 aromatic heterocycles. The number of ether oxygens (including phenoxy) is 1. The Morgan fingerprint density at radius 3 is 2.22 bits per heavy atom. The number of urea groups is 1. The number of hydrogen-bond acceptors (Lipinski definition) is 3. The number of halogens is 3. The van der Waals surface area contributed by atoms with Gasteiger partial charge in [-0.1, -0.05) is 12.1 Å². The molecule has 1 fully saturated rings. The molecule has 0 aliphatic carbocycles. The zero-order valence-corrected chi connectivity index (χ0v) is 14.8. The summed E-state index contributed by atoms with van der Waals surface area (Å²) in [6, 6.07) is 12.0. The van der Waals surface area contributed by atoms with Gasteiger partial charge in [-0.3, -0.25) is 0 Å². The molecule has 2 amide bonds. The third-order valence-corrected chi connectivity index (χ3v) is 4.48. The van der Waals surface area contributed by atoms with Crippen LogP contribution in [0.4, 0.5) is 29.3 Å². The molecule has 0 saturated carbocycles. The summed E-state index contributed by atoms with van der Waals surface area (Å²) in [6.45, 7) is 2.04. The Hall–Kier alpha value is -2.90. The lowest BCUT2D eigenvalue weighted by Crippen LogP contribution is -2.50. The summed E-state index contributed by atoms with van der Waals surface area (Å²) in [5.41, 5.74) is 0.643. The standard InChI is InChI=1S/C19H20F3N3O2/c1-27-17-5-3-2-4-16(17)23-18(26)25-12-10-24(11-13-25)15-8-6-14(7-9-15)19(20,21)22/h2-9H,10-13H2,1H3,(H,23,26). The first kappa shape index (κ1) is 18.9. The molecular weight excluding hydrogens is 359 g/mol. The zero-order chi connectivity index (χ0) is 19.4. The summed E-state index contributed by atoms with van der Waals surface area (Å²) in [5, 5.41) is 2.83. The van der Waals surface area contributed by atoms with E-state index in [2.05, 4.69) is 5.32 Å². The summed E-state index contributed by atoms with van der Waals surface area (Å²) in [5.74, 6) is 0.578. The summed E-state index contributed by atoms with van der Waals surface area (Å²) in [4.78, 5) is 16.1. The van der Waals surface area contributed by atoms with Crippen molar-refractivity contribution < 1.29 is 22.7 Å². The second-order valence-corrected chi connectivity index (χ2v) is 6.15. The first-order valence-corrected chi connectivity index (χ1v) is 8.49. The van der Waals surface area contributed by atoms with Gasteiger partial charge in [0.05, 0.1) is 18.4 Å². The number of rotatable bonds is 3. The van der Waals surface area contributed by atoms with Gasteiger partial charge in [-0.15, -0.1) is 0 Å². The summed E-state index contributed by atoms with van der Waals surface area (Å²) < 4.78 is 43.2. The normalized spacial score (nSPS) is 14.8. The van der Waals surface area contributed by atoms with Gasteiger partial charge in [0.1, 0.15) is 5.75 Å². The minimum atomic E-state index is -4.34. The number of para-hydroxylation sites is 2. The number of piperazine rings is 1. The maximum atomic E-state index is 12.7. The molecule has 3 rings (SSSR count). The largest absolute Gasteiger partial charge is 0.495 e. The van der Waals surface area contributed by atoms with Crippen molar-refractivity contribution in [3.63, 3.8) is 0 Å². The highest BCUT2D eigenvalue weighted by molar-refractivity contribution is 5.91. The van der Waals surface area contributed by atoms with E-state index in [4.69, 9.17) is 4.74 Å². The Labute approximate surface area is 155 Å². The minimum absolute atomic E-state index is 0.230. The van der Waals surface area contributed by atoms with E-state index in [1.807, 2.05) is 11.0 Å². The summed E-state index contributed by atoms with van der Waals surface area (Å²) in [7, 11) is 1.54. The van der Waals surface area contributed by atoms with Crippen molar-refractivity contribution in [3.05, 3.63) is 54.1 Å². The van der Waals surface area contributed by atoms with Gasteiger partial charge in [0, 0.05) is 31.9 Å². The molecule has 8 heteroatoms. The maximum Gasteiger partial charge on any atom is 0.416 e. The number of alkyl halides is 3. The van der Waals surface area contributed by atoms with Crippen LogP contribution < -0.4 is 15.0 Å². The van der Waals surface area contributed by atoms with E-state index >= 15 is 0 Å². The van der Waals surface area contributed by atoms with Crippen LogP contribution in [0.1, 0.15) is 5.56 Å². The van der Waals surface area contributed by atoms with Crippen molar-refractivity contribution in [1.29, 1.82) is 0 Å². The molecule has 1 aliphatic heterocycles. The van der Waals surface area contributed by atoms with E-state index in [1.165, 1.54) is 19.2 Å². The molecule has 0 atom stereocenters. The van der Waals surface area contributed by atoms with Gasteiger partial charge in [-0.25, -0.2) is 4.79 Å². The monoisotopic (exact) mass is 379 g/mol. The molecule has 144 valence electrons. The number of nitrogens with one attached hydrogen (secondary N) is 1. The van der Waals surface area contributed by atoms with E-state index in [0.717, 1.165) is 12.1 Å². The fourth-order valence-electron chi connectivity index (χ4n) is 2.97. The minimum Gasteiger partial charge on any atom is -0.495 e. The lowest BCUT2D eigenvalue weighted by atomic mass is 10.1. The fourth-order valence-corrected chi connectivity index (χ4v) is 2.97. The second-order valence-electron chi connectivity index (χ2n) is 6.15. The molecule has 0 bridgehead atoms. The molecule has 0 radical (unpaired) electrons. The number of hydrogen-bond donors (Lipinski definition) is 1. The highest BCUT2D eigenvalue weighted by Gasteiger charge is 2.30. The fraction of sp³-hybridized carbons (Fsp3) is 0.316. The number of carbonyl (C=O) groups is 1. The van der Waals surface area contributed by atoms with Gasteiger partial charge in [0.15, 0.2) is 0 Å². The van der Waals surface area contributed by atoms with E-state index in [-0.39, 0.29) is 6.03 Å². The molecule has 1 heterocycles. The van der Waals surface area contributed by atoms with E-state index in [9.17, 15) is 18.0 Å². The Morgan fingerprint density at radius 2 is 1.63 bits per heavy atom. The number of nitrogens with zero attached hydrogens (tertiary/aromatic N) is 2. The first-order chi connectivity index (χ1) is 12.9. The molecule has 0 spiro atoms. The van der Waals surface area contributed by atoms with Crippen LogP contribution >= 0.6 is 0 Å². The molecule has 2 aromatic rings. The Kier molecular flexibility index (Phi) is 5.43. The third-order valence-electron chi connectivity index (χ3n) is 4.48. The van der Waals surface area contributed by atoms with Crippen LogP contribution in [-0.2, 0) is 6.18 Å². The topological polar surface area (TPSA) is 44.8 Å². The van der Waals surface area contributed by atoms with Crippen molar-refractivity contribution in [2.45, 2.75) is 6.18 Å². The summed E-state index contributed by atoms with van der Waals surface area (Å²) in [6.07, 6.45) is -4.34. The predicted molar refractivity (Wildman–Crippen MR) is 97.2 cm³/mol. The van der Waals surface area contributed by atoms with Crippen molar-refractivity contribution in [1.82, 2.24) is 4.90 Å². The molecule has 27 heavy (non-hydrogen) atoms. The van der Waals surface area contributed by atoms with Gasteiger partial charge in [-0.05, 0) is 36.4 Å². The third kappa shape index (κ3) is 4.45. The molecule has 1 saturated heterocycles. The highest BCUT2D eigenvalue weighted by Crippen LogP contribution is 2.30. The average molecular weight is 379 g/mol. The Balaban J connectivity index is 1.57. The molecular formula is C19H20F3N3O2. The number of carbonyl (C=O) groups excluding carboxylic acids is 1. The summed E-state index contributed by atoms with van der Waals surface area (Å²) >= 11 is 0. The quantitative estimate of drug-likeness (QED) is 0.875. The van der Waals surface area contributed by atoms with Crippen LogP contribution in [-0.4, -0.2) is 44.2 Å². The van der Waals surface area contributed by atoms with Crippen LogP contribution in [0.25, 0.3) is 0 Å². The molecule has 0 unspecified atom stereocenters. The van der Waals surface area contributed by atoms with Gasteiger partial charge >= 0.3 is 12.2 Å². The lowest BCUT2D eigenvalue weighted by molar-refractivity contribution is -0.137. The predicted octanol–water partition coefficient (Wildman–Crippen LogP) is 4.07. The van der Waals surface area contributed by atoms with Gasteiger partial charge < -0.3 is 19.9 Å². The van der Waals surface area contributed by atoms with Gasteiger partial charge in [0.25, 0.3) is 0 Å². The van der Waals surface area contributed by atoms with E-state index in [1.54, 1.807) is 23.1 Å². The van der Waals surface area contributed by atoms with Gasteiger partial charge in [0.2, 0.25) is 0 Å². The molecule has 1 aliphatic rings. The van der Waals surface area contributed by atoms with Crippen molar-refractivity contribution in [3.8, 4) is 5.75 Å². The SMILES string of the molecule is COc1ccccc1NC(=O)N1CCN(c2ccc(C(F)(F)F)cc2)CC1. The smallest absolute Gasteiger partial charge is 0.416 e. The highest BCUT2D eigenvalue weighted by atomic mass is 19.4. The Bertz CT molecular complexity index is 786. The molecule has 2 aromatic carbocycles. The van der Waals surface area contributed by atoms with Crippen molar-refractivity contribution in [2.24, 2.45) is 0 Å². The number of anilines is 2. The zero-order valence-electron chi connectivity index (χ0n) is 14.8. The van der Waals surface area contributed by atoms with Crippen LogP contribution in [0.5, 0.6) is 5.75 Å².